The van der Waals surface area contributed by atoms with Crippen LogP contribution < -0.4 is 5.46 Å². The van der Waals surface area contributed by atoms with Gasteiger partial charge in [-0.05, 0) is 87.8 Å². The fourth-order valence-electron chi connectivity index (χ4n) is 7.81. The molecule has 0 spiro atoms. The number of aromatic nitrogens is 1. The van der Waals surface area contributed by atoms with E-state index in [-0.39, 0.29) is 23.7 Å². The lowest BCUT2D eigenvalue weighted by molar-refractivity contribution is 0.00578. The zero-order valence-electron chi connectivity index (χ0n) is 21.4. The van der Waals surface area contributed by atoms with Crippen molar-refractivity contribution in [3.8, 4) is 22.4 Å². The summed E-state index contributed by atoms with van der Waals surface area (Å²) in [7, 11) is -0.377. The van der Waals surface area contributed by atoms with E-state index < -0.39 is 0 Å². The summed E-state index contributed by atoms with van der Waals surface area (Å²) in [5, 5.41) is 0. The van der Waals surface area contributed by atoms with E-state index in [0.717, 1.165) is 11.2 Å². The summed E-state index contributed by atoms with van der Waals surface area (Å²) in [6.07, 6.45) is 9.87. The molecule has 1 aromatic heterocycles. The Bertz CT molecular complexity index is 1300. The molecule has 2 saturated carbocycles. The van der Waals surface area contributed by atoms with E-state index in [2.05, 4.69) is 82.3 Å². The summed E-state index contributed by atoms with van der Waals surface area (Å²) in [5.74, 6) is 0. The maximum Gasteiger partial charge on any atom is 0.496 e. The van der Waals surface area contributed by atoms with Crippen LogP contribution in [0, 0.1) is 0 Å². The molecule has 0 radical (unpaired) electrons. The van der Waals surface area contributed by atoms with Gasteiger partial charge in [-0.25, -0.2) is 0 Å². The van der Waals surface area contributed by atoms with Crippen molar-refractivity contribution in [1.82, 2.24) is 4.98 Å². The molecule has 3 fully saturated rings. The third-order valence-corrected chi connectivity index (χ3v) is 10.2. The topological polar surface area (TPSA) is 31.4 Å². The first-order chi connectivity index (χ1) is 16.8. The normalized spacial score (nSPS) is 29.4. The summed E-state index contributed by atoms with van der Waals surface area (Å²) in [4.78, 5) is 4.89. The molecule has 0 bridgehead atoms. The number of rotatable bonds is 2. The van der Waals surface area contributed by atoms with Crippen LogP contribution in [0.15, 0.2) is 60.8 Å². The molecule has 0 amide bonds. The van der Waals surface area contributed by atoms with Crippen molar-refractivity contribution in [2.75, 3.05) is 0 Å². The Morgan fingerprint density at radius 2 is 1.34 bits per heavy atom. The van der Waals surface area contributed by atoms with Crippen LogP contribution in [0.1, 0.15) is 77.3 Å². The van der Waals surface area contributed by atoms with Gasteiger partial charge in [0.25, 0.3) is 0 Å². The van der Waals surface area contributed by atoms with Crippen molar-refractivity contribution >= 4 is 12.6 Å². The summed E-state index contributed by atoms with van der Waals surface area (Å²) in [6.45, 7) is 8.36. The van der Waals surface area contributed by atoms with Gasteiger partial charge in [-0.2, -0.15) is 0 Å². The van der Waals surface area contributed by atoms with Gasteiger partial charge in [0.05, 0.1) is 16.9 Å². The fourth-order valence-corrected chi connectivity index (χ4v) is 7.81. The second-order valence-corrected chi connectivity index (χ2v) is 12.2. The van der Waals surface area contributed by atoms with Gasteiger partial charge < -0.3 is 9.31 Å². The van der Waals surface area contributed by atoms with Crippen molar-refractivity contribution in [2.45, 2.75) is 88.3 Å². The first-order valence-corrected chi connectivity index (χ1v) is 13.3. The van der Waals surface area contributed by atoms with Crippen LogP contribution >= 0.6 is 0 Å². The summed E-state index contributed by atoms with van der Waals surface area (Å²) >= 11 is 0. The van der Waals surface area contributed by atoms with Crippen LogP contribution in [0.25, 0.3) is 22.4 Å². The second-order valence-electron chi connectivity index (χ2n) is 12.2. The third kappa shape index (κ3) is 2.79. The van der Waals surface area contributed by atoms with Gasteiger partial charge in [0, 0.05) is 28.1 Å². The fraction of sp³-hybridized carbons (Fsp3) is 0.452. The molecule has 4 aliphatic rings. The molecule has 178 valence electrons. The minimum Gasteiger partial charge on any atom is -0.399 e. The number of hydrogen-bond acceptors (Lipinski definition) is 3. The first-order valence-electron chi connectivity index (χ1n) is 13.3. The quantitative estimate of drug-likeness (QED) is 0.403. The molecule has 3 aromatic rings. The van der Waals surface area contributed by atoms with Crippen molar-refractivity contribution < 1.29 is 9.31 Å². The Morgan fingerprint density at radius 1 is 0.714 bits per heavy atom. The Morgan fingerprint density at radius 3 is 2.00 bits per heavy atom. The van der Waals surface area contributed by atoms with E-state index in [9.17, 15) is 0 Å². The highest BCUT2D eigenvalue weighted by atomic mass is 16.7. The summed E-state index contributed by atoms with van der Waals surface area (Å²) in [6, 6.07) is 20.6. The van der Waals surface area contributed by atoms with E-state index in [1.54, 1.807) is 11.1 Å². The molecule has 3 nitrogen and oxygen atoms in total. The molecule has 2 heterocycles. The highest BCUT2D eigenvalue weighted by Gasteiger charge is 2.62. The molecule has 7 rings (SSSR count). The Hall–Kier alpha value is -2.43. The molecule has 0 N–H and O–H groups in total. The van der Waals surface area contributed by atoms with Crippen molar-refractivity contribution in [3.05, 3.63) is 71.9 Å². The number of nitrogens with zero attached hydrogens (tertiary/aromatic N) is 1. The predicted molar refractivity (Wildman–Crippen MR) is 142 cm³/mol. The lowest BCUT2D eigenvalue weighted by atomic mass is 9.55. The van der Waals surface area contributed by atoms with Gasteiger partial charge in [-0.3, -0.25) is 4.98 Å². The van der Waals surface area contributed by atoms with Gasteiger partial charge in [-0.15, -0.1) is 0 Å². The van der Waals surface area contributed by atoms with E-state index >= 15 is 0 Å². The van der Waals surface area contributed by atoms with E-state index in [1.807, 2.05) is 6.20 Å². The predicted octanol–water partition coefficient (Wildman–Crippen LogP) is 6.57. The molecular formula is C31H34BNO2. The average molecular weight is 463 g/mol. The van der Waals surface area contributed by atoms with Gasteiger partial charge in [0.15, 0.2) is 0 Å². The van der Waals surface area contributed by atoms with Crippen LogP contribution in [-0.2, 0) is 20.1 Å². The van der Waals surface area contributed by atoms with Crippen LogP contribution in [0.4, 0.5) is 0 Å². The SMILES string of the molecule is CC1(C)OB(c2ccc(-c3ccc4c(c3)C35CCCC3(CCC5)c3ccccc3-4)nc2)OC1(C)C. The number of hydrogen-bond donors (Lipinski definition) is 0. The summed E-state index contributed by atoms with van der Waals surface area (Å²) < 4.78 is 12.5. The monoisotopic (exact) mass is 463 g/mol. The Labute approximate surface area is 209 Å². The molecule has 35 heavy (non-hydrogen) atoms. The average Bonchev–Trinajstić information content (AvgIpc) is 3.48. The van der Waals surface area contributed by atoms with Gasteiger partial charge in [0.1, 0.15) is 0 Å². The summed E-state index contributed by atoms with van der Waals surface area (Å²) in [5.41, 5.74) is 9.20. The maximum atomic E-state index is 6.23. The van der Waals surface area contributed by atoms with Gasteiger partial charge >= 0.3 is 7.12 Å². The van der Waals surface area contributed by atoms with Crippen molar-refractivity contribution in [2.24, 2.45) is 0 Å². The number of fused-ring (bicyclic) bond motifs is 3. The van der Waals surface area contributed by atoms with Crippen molar-refractivity contribution in [3.63, 3.8) is 0 Å². The number of pyridine rings is 1. The molecule has 4 heteroatoms. The largest absolute Gasteiger partial charge is 0.496 e. The minimum absolute atomic E-state index is 0.287. The molecule has 1 aliphatic heterocycles. The molecular weight excluding hydrogens is 429 g/mol. The minimum atomic E-state index is -0.377. The van der Waals surface area contributed by atoms with E-state index in [0.29, 0.717) is 5.41 Å². The highest BCUT2D eigenvalue weighted by Crippen LogP contribution is 2.69. The van der Waals surface area contributed by atoms with Crippen LogP contribution in [0.2, 0.25) is 0 Å². The lowest BCUT2D eigenvalue weighted by Gasteiger charge is -2.48. The number of benzene rings is 2. The van der Waals surface area contributed by atoms with Gasteiger partial charge in [-0.1, -0.05) is 55.3 Å². The van der Waals surface area contributed by atoms with Crippen LogP contribution in [0.5, 0.6) is 0 Å². The van der Waals surface area contributed by atoms with E-state index in [4.69, 9.17) is 14.3 Å². The van der Waals surface area contributed by atoms with Crippen molar-refractivity contribution in [1.29, 1.82) is 0 Å². The smallest absolute Gasteiger partial charge is 0.399 e. The molecule has 2 aromatic carbocycles. The lowest BCUT2D eigenvalue weighted by Crippen LogP contribution is -2.43. The van der Waals surface area contributed by atoms with Crippen LogP contribution in [0.3, 0.4) is 0 Å². The van der Waals surface area contributed by atoms with Crippen LogP contribution in [-0.4, -0.2) is 23.3 Å². The molecule has 0 atom stereocenters. The second kappa shape index (κ2) is 7.08. The molecule has 0 unspecified atom stereocenters. The zero-order chi connectivity index (χ0) is 24.1. The third-order valence-electron chi connectivity index (χ3n) is 10.2. The van der Waals surface area contributed by atoms with E-state index in [1.165, 1.54) is 55.2 Å². The molecule has 3 aliphatic carbocycles. The highest BCUT2D eigenvalue weighted by molar-refractivity contribution is 6.62. The molecule has 1 saturated heterocycles. The van der Waals surface area contributed by atoms with Gasteiger partial charge in [0.2, 0.25) is 0 Å². The standard InChI is InChI=1S/C31H34BNO2/c1-28(2)29(3,4)35-32(34-28)22-12-14-27(33-20-22)21-11-13-24-23-9-5-6-10-25(23)30-15-7-17-31(30,18-8-16-30)26(24)19-21/h5-6,9-14,19-20H,7-8,15-18H2,1-4H3. The Kier molecular flexibility index (Phi) is 4.41. The maximum absolute atomic E-state index is 6.23. The zero-order valence-corrected chi connectivity index (χ0v) is 21.4. The Balaban J connectivity index is 1.29. The first kappa shape index (κ1) is 21.8.